The summed E-state index contributed by atoms with van der Waals surface area (Å²) in [5.74, 6) is -0.616. The van der Waals surface area contributed by atoms with Gasteiger partial charge < -0.3 is 16.6 Å². The van der Waals surface area contributed by atoms with Crippen LogP contribution in [-0.4, -0.2) is 41.0 Å². The summed E-state index contributed by atoms with van der Waals surface area (Å²) >= 11 is 0. The van der Waals surface area contributed by atoms with E-state index in [9.17, 15) is 4.79 Å². The number of carbonyl (C=O) groups is 1. The Balaban J connectivity index is 2.13. The molecule has 2 rings (SSSR count). The van der Waals surface area contributed by atoms with Crippen LogP contribution in [0.5, 0.6) is 0 Å². The molecule has 0 saturated heterocycles. The number of hydrogen-bond donors (Lipinski definition) is 3. The van der Waals surface area contributed by atoms with Gasteiger partial charge >= 0.3 is 5.97 Å². The number of carboxylic acid groups (broad SMARTS) is 1. The summed E-state index contributed by atoms with van der Waals surface area (Å²) in [4.78, 5) is 21.9. The molecule has 0 aliphatic heterocycles. The molecule has 94 valence electrons. The highest BCUT2D eigenvalue weighted by atomic mass is 16.4. The second-order valence-electron chi connectivity index (χ2n) is 3.45. The average molecular weight is 250 g/mol. The molecule has 10 nitrogen and oxygen atoms in total. The predicted molar refractivity (Wildman–Crippen MR) is 59.1 cm³/mol. The van der Waals surface area contributed by atoms with Crippen LogP contribution in [0.1, 0.15) is 11.5 Å². The van der Waals surface area contributed by atoms with E-state index in [1.54, 1.807) is 0 Å². The third kappa shape index (κ3) is 2.87. The van der Waals surface area contributed by atoms with Gasteiger partial charge in [-0.1, -0.05) is 5.21 Å². The first kappa shape index (κ1) is 11.7. The molecule has 2 aromatic rings. The first-order chi connectivity index (χ1) is 8.52. The maximum Gasteiger partial charge on any atom is 0.309 e. The molecular formula is C8H10N8O2. The van der Waals surface area contributed by atoms with E-state index >= 15 is 0 Å². The van der Waals surface area contributed by atoms with Crippen LogP contribution in [-0.2, 0) is 17.8 Å². The molecule has 18 heavy (non-hydrogen) atoms. The maximum atomic E-state index is 10.5. The minimum absolute atomic E-state index is 0.0170. The smallest absolute Gasteiger partial charge is 0.309 e. The zero-order chi connectivity index (χ0) is 13.1. The van der Waals surface area contributed by atoms with Gasteiger partial charge in [-0.25, -0.2) is 4.68 Å². The first-order valence-corrected chi connectivity index (χ1v) is 4.89. The fourth-order valence-corrected chi connectivity index (χ4v) is 1.32. The minimum Gasteiger partial charge on any atom is -0.481 e. The van der Waals surface area contributed by atoms with Gasteiger partial charge in [0.1, 0.15) is 6.54 Å². The first-order valence-electron chi connectivity index (χ1n) is 4.89. The Bertz CT molecular complexity index is 560. The summed E-state index contributed by atoms with van der Waals surface area (Å²) < 4.78 is 1.40. The average Bonchev–Trinajstić information content (AvgIpc) is 2.62. The van der Waals surface area contributed by atoms with Gasteiger partial charge in [0.2, 0.25) is 11.9 Å². The Morgan fingerprint density at radius 2 is 1.94 bits per heavy atom. The number of hydrogen-bond acceptors (Lipinski definition) is 8. The van der Waals surface area contributed by atoms with Crippen LogP contribution in [0.4, 0.5) is 11.9 Å². The van der Waals surface area contributed by atoms with Crippen LogP contribution in [0, 0.1) is 0 Å². The van der Waals surface area contributed by atoms with E-state index < -0.39 is 5.97 Å². The summed E-state index contributed by atoms with van der Waals surface area (Å²) in [6.45, 7) is 0.184. The van der Waals surface area contributed by atoms with Gasteiger partial charge in [-0.05, 0) is 0 Å². The van der Waals surface area contributed by atoms with Crippen molar-refractivity contribution in [3.8, 4) is 0 Å². The Morgan fingerprint density at radius 3 is 2.56 bits per heavy atom. The summed E-state index contributed by atoms with van der Waals surface area (Å²) in [5.41, 5.74) is 11.2. The van der Waals surface area contributed by atoms with Crippen molar-refractivity contribution in [2.45, 2.75) is 13.0 Å². The molecule has 0 saturated carbocycles. The largest absolute Gasteiger partial charge is 0.481 e. The number of nitrogens with zero attached hydrogens (tertiary/aromatic N) is 6. The van der Waals surface area contributed by atoms with Crippen molar-refractivity contribution in [3.63, 3.8) is 0 Å². The van der Waals surface area contributed by atoms with E-state index in [-0.39, 0.29) is 24.9 Å². The number of aliphatic carboxylic acids is 1. The maximum absolute atomic E-state index is 10.5. The van der Waals surface area contributed by atoms with E-state index in [0.717, 1.165) is 0 Å². The second-order valence-corrected chi connectivity index (χ2v) is 3.45. The van der Waals surface area contributed by atoms with Crippen LogP contribution in [0.2, 0.25) is 0 Å². The third-order valence-corrected chi connectivity index (χ3v) is 1.94. The minimum atomic E-state index is -0.976. The van der Waals surface area contributed by atoms with Crippen LogP contribution < -0.4 is 11.5 Å². The lowest BCUT2D eigenvalue weighted by Gasteiger charge is -2.01. The van der Waals surface area contributed by atoms with Crippen molar-refractivity contribution < 1.29 is 9.90 Å². The van der Waals surface area contributed by atoms with Crippen LogP contribution in [0.15, 0.2) is 6.20 Å². The van der Waals surface area contributed by atoms with Gasteiger partial charge in [-0.3, -0.25) is 4.79 Å². The van der Waals surface area contributed by atoms with E-state index in [2.05, 4.69) is 25.3 Å². The fraction of sp³-hybridized carbons (Fsp3) is 0.250. The second kappa shape index (κ2) is 4.61. The summed E-state index contributed by atoms with van der Waals surface area (Å²) in [6.07, 6.45) is 1.30. The Morgan fingerprint density at radius 1 is 1.28 bits per heavy atom. The molecule has 0 fully saturated rings. The Kier molecular flexibility index (Phi) is 3.00. The van der Waals surface area contributed by atoms with Gasteiger partial charge in [-0.2, -0.15) is 15.0 Å². The predicted octanol–water partition coefficient (Wildman–Crippen LogP) is -1.70. The highest BCUT2D eigenvalue weighted by Gasteiger charge is 2.08. The van der Waals surface area contributed by atoms with E-state index in [0.29, 0.717) is 11.5 Å². The van der Waals surface area contributed by atoms with Gasteiger partial charge in [0, 0.05) is 6.20 Å². The van der Waals surface area contributed by atoms with Crippen molar-refractivity contribution in [2.24, 2.45) is 0 Å². The third-order valence-electron chi connectivity index (χ3n) is 1.94. The lowest BCUT2D eigenvalue weighted by molar-refractivity contribution is -0.136. The summed E-state index contributed by atoms with van der Waals surface area (Å²) in [5, 5.41) is 16.0. The van der Waals surface area contributed by atoms with E-state index in [4.69, 9.17) is 16.6 Å². The van der Waals surface area contributed by atoms with Crippen molar-refractivity contribution >= 4 is 17.9 Å². The number of aromatic nitrogens is 6. The molecule has 2 aromatic heterocycles. The number of anilines is 2. The number of nitrogens with two attached hydrogens (primary N) is 2. The summed E-state index contributed by atoms with van der Waals surface area (Å²) in [6, 6.07) is 0. The molecule has 0 radical (unpaired) electrons. The highest BCUT2D eigenvalue weighted by molar-refractivity contribution is 5.69. The van der Waals surface area contributed by atoms with Crippen LogP contribution in [0.3, 0.4) is 0 Å². The van der Waals surface area contributed by atoms with Gasteiger partial charge in [0.05, 0.1) is 12.1 Å². The molecule has 10 heteroatoms. The molecule has 0 amide bonds. The summed E-state index contributed by atoms with van der Waals surface area (Å²) in [7, 11) is 0. The number of carboxylic acids is 1. The topological polar surface area (TPSA) is 159 Å². The lowest BCUT2D eigenvalue weighted by atomic mass is 10.3. The van der Waals surface area contributed by atoms with Crippen molar-refractivity contribution in [3.05, 3.63) is 17.7 Å². The molecule has 0 aliphatic carbocycles. The molecule has 0 unspecified atom stereocenters. The van der Waals surface area contributed by atoms with E-state index in [1.165, 1.54) is 10.9 Å². The fourth-order valence-electron chi connectivity index (χ4n) is 1.32. The Hall–Kier alpha value is -2.78. The molecule has 0 spiro atoms. The molecule has 0 aromatic carbocycles. The molecule has 0 bridgehead atoms. The molecule has 0 aliphatic rings. The molecule has 5 N–H and O–H groups in total. The van der Waals surface area contributed by atoms with Crippen molar-refractivity contribution in [2.75, 3.05) is 11.5 Å². The van der Waals surface area contributed by atoms with Crippen molar-refractivity contribution in [1.29, 1.82) is 0 Å². The highest BCUT2D eigenvalue weighted by Crippen LogP contribution is 2.02. The normalized spacial score (nSPS) is 10.4. The number of rotatable bonds is 4. The standard InChI is InChI=1S/C8H10N8O2/c9-7-11-5(12-8(10)13-7)3-16-2-4(14-15-16)1-6(17)18/h2H,1,3H2,(H,17,18)(H4,9,10,11,12,13). The lowest BCUT2D eigenvalue weighted by Crippen LogP contribution is -2.10. The van der Waals surface area contributed by atoms with E-state index in [1.807, 2.05) is 0 Å². The quantitative estimate of drug-likeness (QED) is 0.574. The van der Waals surface area contributed by atoms with Crippen LogP contribution >= 0.6 is 0 Å². The Labute approximate surface area is 101 Å². The zero-order valence-electron chi connectivity index (χ0n) is 9.19. The molecular weight excluding hydrogens is 240 g/mol. The zero-order valence-corrected chi connectivity index (χ0v) is 9.19. The van der Waals surface area contributed by atoms with Gasteiger partial charge in [-0.15, -0.1) is 5.10 Å². The SMILES string of the molecule is Nc1nc(N)nc(Cn2cc(CC(=O)O)nn2)n1. The van der Waals surface area contributed by atoms with Gasteiger partial charge in [0.25, 0.3) is 0 Å². The monoisotopic (exact) mass is 250 g/mol. The van der Waals surface area contributed by atoms with Crippen LogP contribution in [0.25, 0.3) is 0 Å². The van der Waals surface area contributed by atoms with Crippen molar-refractivity contribution in [1.82, 2.24) is 29.9 Å². The molecule has 0 atom stereocenters. The molecule has 2 heterocycles. The number of nitrogen functional groups attached to an aromatic ring is 2. The van der Waals surface area contributed by atoms with Gasteiger partial charge in [0.15, 0.2) is 5.82 Å².